The third kappa shape index (κ3) is 8.64. The molecule has 53 heavy (non-hydrogen) atoms. The number of hydrogen-bond acceptors (Lipinski definition) is 11. The first kappa shape index (κ1) is 35.6. The molecule has 1 saturated heterocycles. The Hall–Kier alpha value is -5.80. The molecule has 1 fully saturated rings. The van der Waals surface area contributed by atoms with E-state index in [0.717, 1.165) is 34.0 Å². The molecule has 0 bridgehead atoms. The fourth-order valence-corrected chi connectivity index (χ4v) is 7.59. The Kier molecular flexibility index (Phi) is 10.9. The van der Waals surface area contributed by atoms with Crippen molar-refractivity contribution in [3.8, 4) is 21.0 Å². The van der Waals surface area contributed by atoms with Crippen molar-refractivity contribution in [2.24, 2.45) is 0 Å². The summed E-state index contributed by atoms with van der Waals surface area (Å²) in [7, 11) is 0. The fourth-order valence-electron chi connectivity index (χ4n) is 5.86. The minimum Gasteiger partial charge on any atom is -0.395 e. The molecule has 5 heterocycles. The first-order valence-electron chi connectivity index (χ1n) is 17.0. The quantitative estimate of drug-likeness (QED) is 0.115. The number of thiophene rings is 2. The van der Waals surface area contributed by atoms with E-state index < -0.39 is 0 Å². The maximum absolute atomic E-state index is 13.3. The Morgan fingerprint density at radius 2 is 1.64 bits per heavy atom. The van der Waals surface area contributed by atoms with Crippen LogP contribution >= 0.6 is 22.7 Å². The molecule has 1 aliphatic rings. The molecule has 0 radical (unpaired) electrons. The van der Waals surface area contributed by atoms with Crippen LogP contribution in [0.4, 0.5) is 23.0 Å². The van der Waals surface area contributed by atoms with Crippen molar-refractivity contribution in [1.29, 1.82) is 0 Å². The summed E-state index contributed by atoms with van der Waals surface area (Å²) >= 11 is 3.02. The van der Waals surface area contributed by atoms with Gasteiger partial charge >= 0.3 is 0 Å². The number of β-amino-alcohol motifs (C(OH)–C–C–N with tert-alkyl or cyclic N) is 1. The van der Waals surface area contributed by atoms with E-state index in [1.165, 1.54) is 23.7 Å². The number of aryl methyl sites for hydroxylation is 1. The van der Waals surface area contributed by atoms with E-state index in [2.05, 4.69) is 30.8 Å². The van der Waals surface area contributed by atoms with Gasteiger partial charge in [-0.3, -0.25) is 24.3 Å². The van der Waals surface area contributed by atoms with Gasteiger partial charge in [-0.2, -0.15) is 0 Å². The predicted molar refractivity (Wildman–Crippen MR) is 209 cm³/mol. The summed E-state index contributed by atoms with van der Waals surface area (Å²) in [5.74, 6) is -0.300. The van der Waals surface area contributed by atoms with E-state index in [9.17, 15) is 19.5 Å². The van der Waals surface area contributed by atoms with Crippen molar-refractivity contribution >= 4 is 63.4 Å². The molecule has 4 aromatic heterocycles. The van der Waals surface area contributed by atoms with Crippen LogP contribution < -0.4 is 16.0 Å². The van der Waals surface area contributed by atoms with Crippen LogP contribution in [0.3, 0.4) is 0 Å². The topological polar surface area (TPSA) is 153 Å². The second-order valence-electron chi connectivity index (χ2n) is 12.4. The van der Waals surface area contributed by atoms with Crippen LogP contribution in [0.5, 0.6) is 0 Å². The van der Waals surface area contributed by atoms with Crippen molar-refractivity contribution < 1.29 is 19.5 Å². The lowest BCUT2D eigenvalue weighted by Gasteiger charge is -2.34. The van der Waals surface area contributed by atoms with Crippen molar-refractivity contribution in [2.75, 3.05) is 55.3 Å². The van der Waals surface area contributed by atoms with Gasteiger partial charge < -0.3 is 26.0 Å². The molecule has 0 saturated carbocycles. The molecule has 12 nitrogen and oxygen atoms in total. The average Bonchev–Trinajstić information content (AvgIpc) is 3.90. The number of nitrogens with zero attached hydrogens (tertiary/aromatic N) is 5. The first-order chi connectivity index (χ1) is 25.8. The largest absolute Gasteiger partial charge is 0.395 e. The number of amides is 3. The van der Waals surface area contributed by atoms with Crippen molar-refractivity contribution in [2.45, 2.75) is 6.92 Å². The van der Waals surface area contributed by atoms with Gasteiger partial charge in [-0.25, -0.2) is 9.97 Å². The van der Waals surface area contributed by atoms with Gasteiger partial charge in [0.2, 0.25) is 5.95 Å². The van der Waals surface area contributed by atoms with E-state index in [1.807, 2.05) is 65.7 Å². The molecule has 3 amide bonds. The van der Waals surface area contributed by atoms with Gasteiger partial charge in [-0.05, 0) is 72.5 Å². The Labute approximate surface area is 314 Å². The Morgan fingerprint density at radius 3 is 2.42 bits per heavy atom. The van der Waals surface area contributed by atoms with Crippen molar-refractivity contribution in [3.05, 3.63) is 124 Å². The number of hydrogen-bond donors (Lipinski definition) is 4. The van der Waals surface area contributed by atoms with Gasteiger partial charge in [0.15, 0.2) is 0 Å². The summed E-state index contributed by atoms with van der Waals surface area (Å²) in [6.45, 7) is 5.43. The van der Waals surface area contributed by atoms with Crippen LogP contribution in [0.15, 0.2) is 103 Å². The van der Waals surface area contributed by atoms with E-state index in [-0.39, 0.29) is 29.9 Å². The molecule has 2 aromatic carbocycles. The second kappa shape index (κ2) is 16.3. The highest BCUT2D eigenvalue weighted by molar-refractivity contribution is 7.22. The first-order valence-corrected chi connectivity index (χ1v) is 18.7. The van der Waals surface area contributed by atoms with Gasteiger partial charge in [0.1, 0.15) is 0 Å². The number of rotatable bonds is 11. The Bertz CT molecular complexity index is 2230. The molecule has 0 unspecified atom stereocenters. The summed E-state index contributed by atoms with van der Waals surface area (Å²) in [4.78, 5) is 59.3. The van der Waals surface area contributed by atoms with Crippen LogP contribution in [0, 0.1) is 6.92 Å². The SMILES string of the molecule is Cc1ccc(NC(=O)c2cncc(NC(=O)c3ccc(-c4cccs4)s3)c2)cc1Nc1nccc(-c2ccc(C(=O)N3CCN(CCO)CC3)cc2)n1. The molecule has 6 aromatic rings. The highest BCUT2D eigenvalue weighted by Crippen LogP contribution is 2.32. The molecule has 0 atom stereocenters. The molecule has 14 heteroatoms. The highest BCUT2D eigenvalue weighted by atomic mass is 32.1. The number of pyridine rings is 1. The monoisotopic (exact) mass is 744 g/mol. The standard InChI is InChI=1S/C39H36N8O4S2/c1-25-4-9-29(42-36(49)28-21-30(24-40-23-28)43-37(50)35-11-10-34(53-35)33-3-2-20-52-33)22-32(25)45-39-41-13-12-31(44-39)26-5-7-27(8-6-26)38(51)47-16-14-46(15-17-47)18-19-48/h2-13,20-24,48H,14-19H2,1H3,(H,42,49)(H,43,50)(H,41,44,45). The number of anilines is 4. The van der Waals surface area contributed by atoms with Crippen LogP contribution in [-0.4, -0.2) is 86.9 Å². The lowest BCUT2D eigenvalue weighted by molar-refractivity contribution is 0.0614. The highest BCUT2D eigenvalue weighted by Gasteiger charge is 2.22. The molecule has 7 rings (SSSR count). The molecule has 1 aliphatic heterocycles. The smallest absolute Gasteiger partial charge is 0.265 e. The molecule has 268 valence electrons. The third-order valence-electron chi connectivity index (χ3n) is 8.75. The van der Waals surface area contributed by atoms with Crippen LogP contribution in [0.25, 0.3) is 21.0 Å². The lowest BCUT2D eigenvalue weighted by Crippen LogP contribution is -2.49. The molecule has 0 aliphatic carbocycles. The number of aromatic nitrogens is 3. The molecule has 4 N–H and O–H groups in total. The number of carbonyl (C=O) groups excluding carboxylic acids is 3. The maximum Gasteiger partial charge on any atom is 0.265 e. The number of nitrogens with one attached hydrogen (secondary N) is 3. The van der Waals surface area contributed by atoms with Gasteiger partial charge in [-0.1, -0.05) is 24.3 Å². The van der Waals surface area contributed by atoms with Crippen LogP contribution in [0.1, 0.15) is 36.0 Å². The minimum absolute atomic E-state index is 0.0128. The fraction of sp³-hybridized carbons (Fsp3) is 0.179. The number of benzene rings is 2. The molecule has 0 spiro atoms. The maximum atomic E-state index is 13.3. The summed E-state index contributed by atoms with van der Waals surface area (Å²) in [6, 6.07) is 24.0. The van der Waals surface area contributed by atoms with E-state index in [0.29, 0.717) is 58.8 Å². The summed E-state index contributed by atoms with van der Waals surface area (Å²) in [5.41, 5.74) is 4.99. The minimum atomic E-state index is -0.386. The van der Waals surface area contributed by atoms with Gasteiger partial charge in [0.25, 0.3) is 17.7 Å². The summed E-state index contributed by atoms with van der Waals surface area (Å²) in [6.07, 6.45) is 4.61. The predicted octanol–water partition coefficient (Wildman–Crippen LogP) is 6.64. The average molecular weight is 745 g/mol. The summed E-state index contributed by atoms with van der Waals surface area (Å²) in [5, 5.41) is 20.2. The normalized spacial score (nSPS) is 13.1. The Balaban J connectivity index is 0.976. The Morgan fingerprint density at radius 1 is 0.830 bits per heavy atom. The molecular formula is C39H36N8O4S2. The third-order valence-corrected chi connectivity index (χ3v) is 10.9. The number of carbonyl (C=O) groups is 3. The zero-order valence-electron chi connectivity index (χ0n) is 28.8. The van der Waals surface area contributed by atoms with Crippen molar-refractivity contribution in [3.63, 3.8) is 0 Å². The van der Waals surface area contributed by atoms with E-state index in [1.54, 1.807) is 47.9 Å². The zero-order valence-corrected chi connectivity index (χ0v) is 30.4. The van der Waals surface area contributed by atoms with Gasteiger partial charge in [0.05, 0.1) is 34.6 Å². The van der Waals surface area contributed by atoms with Gasteiger partial charge in [0, 0.05) is 77.4 Å². The number of piperazine rings is 1. The van der Waals surface area contributed by atoms with Crippen LogP contribution in [0.2, 0.25) is 0 Å². The van der Waals surface area contributed by atoms with E-state index >= 15 is 0 Å². The number of aliphatic hydroxyl groups excluding tert-OH is 1. The van der Waals surface area contributed by atoms with Crippen LogP contribution in [-0.2, 0) is 0 Å². The van der Waals surface area contributed by atoms with E-state index in [4.69, 9.17) is 4.98 Å². The zero-order chi connectivity index (χ0) is 36.7. The summed E-state index contributed by atoms with van der Waals surface area (Å²) < 4.78 is 0. The van der Waals surface area contributed by atoms with Gasteiger partial charge in [-0.15, -0.1) is 22.7 Å². The van der Waals surface area contributed by atoms with Crippen molar-refractivity contribution in [1.82, 2.24) is 24.8 Å². The number of aliphatic hydroxyl groups is 1. The molecular weight excluding hydrogens is 709 g/mol. The lowest BCUT2D eigenvalue weighted by atomic mass is 10.1. The second-order valence-corrected chi connectivity index (χ2v) is 14.4.